The van der Waals surface area contributed by atoms with Crippen LogP contribution in [-0.4, -0.2) is 17.6 Å². The van der Waals surface area contributed by atoms with Crippen molar-refractivity contribution in [1.82, 2.24) is 0 Å². The molecule has 1 atom stereocenters. The van der Waals surface area contributed by atoms with Crippen molar-refractivity contribution in [3.8, 4) is 0 Å². The van der Waals surface area contributed by atoms with E-state index in [4.69, 9.17) is 5.73 Å². The van der Waals surface area contributed by atoms with Gasteiger partial charge in [0.1, 0.15) is 5.82 Å². The van der Waals surface area contributed by atoms with Gasteiger partial charge < -0.3 is 16.4 Å². The molecule has 46 heavy (non-hydrogen) atoms. The fourth-order valence-electron chi connectivity index (χ4n) is 5.42. The Kier molecular flexibility index (Phi) is 10.7. The van der Waals surface area contributed by atoms with Crippen LogP contribution in [0.3, 0.4) is 0 Å². The maximum atomic E-state index is 13.3. The number of benzene rings is 3. The summed E-state index contributed by atoms with van der Waals surface area (Å²) in [6, 6.07) is 9.78. The number of fused-ring (bicyclic) bond motifs is 1. The highest BCUT2D eigenvalue weighted by molar-refractivity contribution is 6.01. The molecule has 3 aromatic carbocycles. The number of amides is 2. The molecule has 0 spiro atoms. The number of halogens is 7. The summed E-state index contributed by atoms with van der Waals surface area (Å²) in [7, 11) is 0. The molecule has 0 saturated heterocycles. The number of nitrogens with one attached hydrogen (secondary N) is 2. The van der Waals surface area contributed by atoms with Gasteiger partial charge in [-0.2, -0.15) is 26.3 Å². The van der Waals surface area contributed by atoms with Crippen LogP contribution >= 0.6 is 0 Å². The van der Waals surface area contributed by atoms with Crippen molar-refractivity contribution in [2.75, 3.05) is 16.4 Å². The maximum absolute atomic E-state index is 13.3. The van der Waals surface area contributed by atoms with Crippen molar-refractivity contribution >= 4 is 34.7 Å². The van der Waals surface area contributed by atoms with Crippen molar-refractivity contribution in [2.45, 2.75) is 70.1 Å². The van der Waals surface area contributed by atoms with Crippen molar-refractivity contribution in [3.63, 3.8) is 0 Å². The highest BCUT2D eigenvalue weighted by atomic mass is 19.4. The Balaban J connectivity index is 1.24. The summed E-state index contributed by atoms with van der Waals surface area (Å²) in [5.41, 5.74) is 4.54. The Labute approximate surface area is 260 Å². The van der Waals surface area contributed by atoms with E-state index in [1.807, 2.05) is 0 Å². The van der Waals surface area contributed by atoms with Gasteiger partial charge in [0, 0.05) is 30.0 Å². The molecule has 1 unspecified atom stereocenters. The predicted molar refractivity (Wildman–Crippen MR) is 159 cm³/mol. The van der Waals surface area contributed by atoms with E-state index < -0.39 is 35.2 Å². The van der Waals surface area contributed by atoms with Gasteiger partial charge in [0.15, 0.2) is 5.78 Å². The number of ketones is 1. The molecule has 1 aliphatic rings. The lowest BCUT2D eigenvalue weighted by Gasteiger charge is -2.24. The number of alkyl halides is 6. The zero-order chi connectivity index (χ0) is 33.6. The largest absolute Gasteiger partial charge is 0.416 e. The lowest BCUT2D eigenvalue weighted by atomic mass is 9.79. The van der Waals surface area contributed by atoms with Crippen LogP contribution in [0.4, 0.5) is 47.8 Å². The molecular weight excluding hydrogens is 619 g/mol. The molecule has 0 bridgehead atoms. The van der Waals surface area contributed by atoms with Crippen LogP contribution in [0.5, 0.6) is 0 Å². The minimum Gasteiger partial charge on any atom is -0.397 e. The Hall–Kier alpha value is -4.42. The van der Waals surface area contributed by atoms with Crippen LogP contribution in [0.1, 0.15) is 77.6 Å². The van der Waals surface area contributed by atoms with E-state index in [2.05, 4.69) is 10.6 Å². The van der Waals surface area contributed by atoms with E-state index in [-0.39, 0.29) is 60.6 Å². The lowest BCUT2D eigenvalue weighted by molar-refractivity contribution is -0.143. The number of anilines is 3. The first-order valence-electron chi connectivity index (χ1n) is 14.7. The van der Waals surface area contributed by atoms with Gasteiger partial charge in [-0.15, -0.1) is 0 Å². The van der Waals surface area contributed by atoms with Gasteiger partial charge in [-0.3, -0.25) is 14.4 Å². The van der Waals surface area contributed by atoms with Crippen LogP contribution in [0.15, 0.2) is 54.6 Å². The van der Waals surface area contributed by atoms with E-state index in [0.29, 0.717) is 66.7 Å². The van der Waals surface area contributed by atoms with Gasteiger partial charge in [-0.25, -0.2) is 4.39 Å². The Morgan fingerprint density at radius 3 is 1.98 bits per heavy atom. The molecule has 0 fully saturated rings. The number of hydrogen-bond donors (Lipinski definition) is 3. The van der Waals surface area contributed by atoms with Crippen molar-refractivity contribution in [3.05, 3.63) is 88.2 Å². The number of hydrogen-bond acceptors (Lipinski definition) is 4. The van der Waals surface area contributed by atoms with E-state index in [0.717, 1.165) is 6.07 Å². The van der Waals surface area contributed by atoms with Crippen molar-refractivity contribution in [1.29, 1.82) is 0 Å². The number of carbonyl (C=O) groups is 3. The molecule has 0 heterocycles. The SMILES string of the molecule is Nc1cc(F)ccc1NC(=O)CCCCCCC(=O)Nc1ccc2c(c1)CCC(Cc1cc(C(F)(F)F)cc(C(F)(F)F)c1)C2=O. The van der Waals surface area contributed by atoms with Crippen LogP contribution in [0.25, 0.3) is 0 Å². The molecule has 0 radical (unpaired) electrons. The van der Waals surface area contributed by atoms with E-state index in [1.54, 1.807) is 6.07 Å². The number of rotatable bonds is 11. The third-order valence-corrected chi connectivity index (χ3v) is 7.76. The number of Topliss-reactive ketones (excluding diaryl/α,β-unsaturated/α-hetero) is 1. The normalized spacial score (nSPS) is 14.9. The fraction of sp³-hybridized carbons (Fsp3) is 0.364. The van der Waals surface area contributed by atoms with Gasteiger partial charge >= 0.3 is 12.4 Å². The summed E-state index contributed by atoms with van der Waals surface area (Å²) in [5.74, 6) is -2.15. The van der Waals surface area contributed by atoms with Gasteiger partial charge in [0.25, 0.3) is 0 Å². The Bertz CT molecular complexity index is 1570. The maximum Gasteiger partial charge on any atom is 0.416 e. The number of carbonyl (C=O) groups excluding carboxylic acids is 3. The first-order chi connectivity index (χ1) is 21.6. The first-order valence-corrected chi connectivity index (χ1v) is 14.7. The number of unbranched alkanes of at least 4 members (excludes halogenated alkanes) is 3. The van der Waals surface area contributed by atoms with E-state index >= 15 is 0 Å². The van der Waals surface area contributed by atoms with Crippen LogP contribution in [0, 0.1) is 11.7 Å². The molecule has 4 rings (SSSR count). The second-order valence-electron chi connectivity index (χ2n) is 11.3. The molecule has 3 aromatic rings. The van der Waals surface area contributed by atoms with Crippen molar-refractivity contribution < 1.29 is 45.1 Å². The summed E-state index contributed by atoms with van der Waals surface area (Å²) in [6.07, 6.45) is -6.56. The molecule has 0 aromatic heterocycles. The highest BCUT2D eigenvalue weighted by Gasteiger charge is 2.37. The van der Waals surface area contributed by atoms with Crippen LogP contribution in [-0.2, 0) is 34.8 Å². The van der Waals surface area contributed by atoms with Gasteiger partial charge in [0.05, 0.1) is 22.5 Å². The van der Waals surface area contributed by atoms with E-state index in [1.165, 1.54) is 24.3 Å². The molecule has 246 valence electrons. The monoisotopic (exact) mass is 651 g/mol. The third kappa shape index (κ3) is 9.30. The molecule has 1 aliphatic carbocycles. The molecule has 6 nitrogen and oxygen atoms in total. The fourth-order valence-corrected chi connectivity index (χ4v) is 5.42. The second kappa shape index (κ2) is 14.3. The average Bonchev–Trinajstić information content (AvgIpc) is 2.97. The van der Waals surface area contributed by atoms with Crippen LogP contribution < -0.4 is 16.4 Å². The highest BCUT2D eigenvalue weighted by Crippen LogP contribution is 2.38. The molecule has 0 saturated carbocycles. The summed E-state index contributed by atoms with van der Waals surface area (Å²) in [4.78, 5) is 37.7. The summed E-state index contributed by atoms with van der Waals surface area (Å²) in [6.45, 7) is 0. The standard InChI is InChI=1S/C33H32F7N3O3/c34-24-9-12-28(27(41)18-24)43-30(45)6-4-2-1-3-5-29(44)42-25-10-11-26-20(16-25)7-8-21(31(26)46)13-19-14-22(32(35,36)37)17-23(15-19)33(38,39)40/h9-12,14-18,21H,1-8,13,41H2,(H,42,44)(H,43,45). The number of aryl methyl sites for hydroxylation is 1. The molecular formula is C33H32F7N3O3. The zero-order valence-electron chi connectivity index (χ0n) is 24.6. The van der Waals surface area contributed by atoms with Gasteiger partial charge in [-0.05, 0) is 97.8 Å². The molecule has 0 aliphatic heterocycles. The van der Waals surface area contributed by atoms with E-state index in [9.17, 15) is 45.1 Å². The molecule has 13 heteroatoms. The van der Waals surface area contributed by atoms with Crippen LogP contribution in [0.2, 0.25) is 0 Å². The third-order valence-electron chi connectivity index (χ3n) is 7.76. The quantitative estimate of drug-likeness (QED) is 0.110. The number of nitrogens with two attached hydrogens (primary N) is 1. The smallest absolute Gasteiger partial charge is 0.397 e. The first kappa shape index (κ1) is 34.5. The minimum absolute atomic E-state index is 0.0637. The Morgan fingerprint density at radius 1 is 0.783 bits per heavy atom. The summed E-state index contributed by atoms with van der Waals surface area (Å²) >= 11 is 0. The number of nitrogen functional groups attached to an aromatic ring is 1. The van der Waals surface area contributed by atoms with Gasteiger partial charge in [-0.1, -0.05) is 12.8 Å². The molecule has 4 N–H and O–H groups in total. The van der Waals surface area contributed by atoms with Gasteiger partial charge in [0.2, 0.25) is 11.8 Å². The summed E-state index contributed by atoms with van der Waals surface area (Å²) < 4.78 is 92.6. The topological polar surface area (TPSA) is 101 Å². The average molecular weight is 652 g/mol. The zero-order valence-corrected chi connectivity index (χ0v) is 24.6. The second-order valence-corrected chi connectivity index (χ2v) is 11.3. The predicted octanol–water partition coefficient (Wildman–Crippen LogP) is 8.35. The minimum atomic E-state index is -4.97. The lowest BCUT2D eigenvalue weighted by Crippen LogP contribution is -2.25. The van der Waals surface area contributed by atoms with Crippen molar-refractivity contribution in [2.24, 2.45) is 5.92 Å². The molecule has 2 amide bonds. The Morgan fingerprint density at radius 2 is 1.39 bits per heavy atom. The summed E-state index contributed by atoms with van der Waals surface area (Å²) in [5, 5.41) is 5.41.